The molecule has 0 saturated carbocycles. The Labute approximate surface area is 163 Å². The highest BCUT2D eigenvalue weighted by Crippen LogP contribution is 2.38. The molecular formula is C22H21NO5. The van der Waals surface area contributed by atoms with Gasteiger partial charge in [-0.05, 0) is 38.1 Å². The summed E-state index contributed by atoms with van der Waals surface area (Å²) in [4.78, 5) is 27.1. The van der Waals surface area contributed by atoms with Gasteiger partial charge in [-0.15, -0.1) is 0 Å². The number of aromatic hydroxyl groups is 1. The molecule has 1 aliphatic rings. The van der Waals surface area contributed by atoms with Gasteiger partial charge in [-0.3, -0.25) is 9.69 Å². The Bertz CT molecular complexity index is 1000. The first-order valence-corrected chi connectivity index (χ1v) is 8.67. The van der Waals surface area contributed by atoms with Crippen LogP contribution in [0.4, 0.5) is 5.69 Å². The minimum atomic E-state index is -0.617. The Balaban J connectivity index is 2.16. The molecule has 0 aromatic heterocycles. The van der Waals surface area contributed by atoms with Crippen LogP contribution in [-0.2, 0) is 14.3 Å². The van der Waals surface area contributed by atoms with Crippen molar-refractivity contribution in [1.82, 2.24) is 0 Å². The zero-order valence-electron chi connectivity index (χ0n) is 16.1. The summed E-state index contributed by atoms with van der Waals surface area (Å²) in [5.41, 5.74) is 2.84. The topological polar surface area (TPSA) is 76.1 Å². The lowest BCUT2D eigenvalue weighted by molar-refractivity contribution is -0.136. The van der Waals surface area contributed by atoms with Crippen molar-refractivity contribution >= 4 is 23.6 Å². The standard InChI is InChI=1S/C22H21NO5/c1-13-8-10-16(11-9-13)23-14(2)19(22(26)28-4)17(21(23)25)12-15-6-5-7-18(27-3)20(15)24/h5-12,24H,1-4H3/b17-12-. The zero-order valence-corrected chi connectivity index (χ0v) is 16.1. The van der Waals surface area contributed by atoms with Crippen LogP contribution in [0.3, 0.4) is 0 Å². The molecule has 2 aromatic carbocycles. The number of ether oxygens (including phenoxy) is 2. The van der Waals surface area contributed by atoms with Crippen LogP contribution >= 0.6 is 0 Å². The van der Waals surface area contributed by atoms with Crippen molar-refractivity contribution in [2.75, 3.05) is 19.1 Å². The molecule has 0 fully saturated rings. The summed E-state index contributed by atoms with van der Waals surface area (Å²) in [7, 11) is 2.71. The van der Waals surface area contributed by atoms with Crippen LogP contribution in [0.15, 0.2) is 59.3 Å². The monoisotopic (exact) mass is 379 g/mol. The summed E-state index contributed by atoms with van der Waals surface area (Å²) in [6.45, 7) is 3.64. The second kappa shape index (κ2) is 7.60. The van der Waals surface area contributed by atoms with Gasteiger partial charge in [-0.1, -0.05) is 29.8 Å². The number of esters is 1. The molecule has 0 aliphatic carbocycles. The number of anilines is 1. The molecule has 1 amide bonds. The molecule has 6 nitrogen and oxygen atoms in total. The number of amides is 1. The predicted octanol–water partition coefficient (Wildman–Crippen LogP) is 3.59. The van der Waals surface area contributed by atoms with Gasteiger partial charge in [0.2, 0.25) is 0 Å². The third-order valence-corrected chi connectivity index (χ3v) is 4.63. The fourth-order valence-electron chi connectivity index (χ4n) is 3.16. The van der Waals surface area contributed by atoms with Crippen LogP contribution < -0.4 is 9.64 Å². The minimum Gasteiger partial charge on any atom is -0.504 e. The van der Waals surface area contributed by atoms with Crippen molar-refractivity contribution in [2.24, 2.45) is 0 Å². The van der Waals surface area contributed by atoms with E-state index in [0.717, 1.165) is 5.56 Å². The van der Waals surface area contributed by atoms with E-state index in [1.54, 1.807) is 25.1 Å². The average molecular weight is 379 g/mol. The fourth-order valence-corrected chi connectivity index (χ4v) is 3.16. The van der Waals surface area contributed by atoms with Gasteiger partial charge in [0, 0.05) is 16.9 Å². The summed E-state index contributed by atoms with van der Waals surface area (Å²) in [5, 5.41) is 10.4. The van der Waals surface area contributed by atoms with E-state index in [1.165, 1.54) is 25.2 Å². The quantitative estimate of drug-likeness (QED) is 0.649. The first-order chi connectivity index (χ1) is 13.4. The van der Waals surface area contributed by atoms with Crippen molar-refractivity contribution in [3.8, 4) is 11.5 Å². The zero-order chi connectivity index (χ0) is 20.4. The number of methoxy groups -OCH3 is 2. The van der Waals surface area contributed by atoms with Crippen molar-refractivity contribution in [3.05, 3.63) is 70.4 Å². The molecule has 2 aromatic rings. The molecule has 1 aliphatic heterocycles. The van der Waals surface area contributed by atoms with E-state index in [0.29, 0.717) is 16.9 Å². The minimum absolute atomic E-state index is 0.110. The van der Waals surface area contributed by atoms with Gasteiger partial charge in [0.25, 0.3) is 5.91 Å². The molecule has 0 atom stereocenters. The van der Waals surface area contributed by atoms with Gasteiger partial charge >= 0.3 is 5.97 Å². The molecule has 0 bridgehead atoms. The van der Waals surface area contributed by atoms with E-state index >= 15 is 0 Å². The lowest BCUT2D eigenvalue weighted by atomic mass is 10.0. The maximum Gasteiger partial charge on any atom is 0.340 e. The molecule has 6 heteroatoms. The Morgan fingerprint density at radius 2 is 1.75 bits per heavy atom. The molecule has 3 rings (SSSR count). The van der Waals surface area contributed by atoms with Crippen LogP contribution in [0.1, 0.15) is 18.1 Å². The van der Waals surface area contributed by atoms with Crippen LogP contribution in [0, 0.1) is 6.92 Å². The van der Waals surface area contributed by atoms with Crippen LogP contribution in [0.5, 0.6) is 11.5 Å². The van der Waals surface area contributed by atoms with Gasteiger partial charge in [-0.2, -0.15) is 0 Å². The van der Waals surface area contributed by atoms with Crippen LogP contribution in [-0.4, -0.2) is 31.2 Å². The number of hydrogen-bond acceptors (Lipinski definition) is 5. The first kappa shape index (κ1) is 19.2. The van der Waals surface area contributed by atoms with Gasteiger partial charge in [0.15, 0.2) is 11.5 Å². The molecule has 0 radical (unpaired) electrons. The smallest absolute Gasteiger partial charge is 0.340 e. The number of phenolic OH excluding ortho intramolecular Hbond substituents is 1. The van der Waals surface area contributed by atoms with E-state index in [2.05, 4.69) is 0 Å². The lowest BCUT2D eigenvalue weighted by Crippen LogP contribution is -2.24. The Hall–Kier alpha value is -3.54. The number of allylic oxidation sites excluding steroid dienone is 1. The van der Waals surface area contributed by atoms with Crippen molar-refractivity contribution in [2.45, 2.75) is 13.8 Å². The van der Waals surface area contributed by atoms with E-state index in [-0.39, 0.29) is 28.6 Å². The molecule has 0 unspecified atom stereocenters. The van der Waals surface area contributed by atoms with Crippen LogP contribution in [0.25, 0.3) is 6.08 Å². The normalized spacial score (nSPS) is 15.4. The van der Waals surface area contributed by atoms with Crippen molar-refractivity contribution in [3.63, 3.8) is 0 Å². The first-order valence-electron chi connectivity index (χ1n) is 8.67. The summed E-state index contributed by atoms with van der Waals surface area (Å²) in [5.74, 6) is -0.825. The SMILES string of the molecule is COC(=O)C1=C(C)N(c2ccc(C)cc2)C(=O)/C1=C\c1cccc(OC)c1O. The van der Waals surface area contributed by atoms with Gasteiger partial charge in [0.1, 0.15) is 0 Å². The van der Waals surface area contributed by atoms with E-state index in [9.17, 15) is 14.7 Å². The maximum atomic E-state index is 13.2. The molecule has 28 heavy (non-hydrogen) atoms. The van der Waals surface area contributed by atoms with E-state index in [4.69, 9.17) is 9.47 Å². The molecular weight excluding hydrogens is 358 g/mol. The second-order valence-corrected chi connectivity index (χ2v) is 6.38. The Morgan fingerprint density at radius 3 is 2.36 bits per heavy atom. The third kappa shape index (κ3) is 3.24. The molecule has 144 valence electrons. The highest BCUT2D eigenvalue weighted by Gasteiger charge is 2.38. The molecule has 0 saturated heterocycles. The summed E-state index contributed by atoms with van der Waals surface area (Å²) < 4.78 is 10.0. The number of carbonyl (C=O) groups excluding carboxylic acids is 2. The van der Waals surface area contributed by atoms with Gasteiger partial charge < -0.3 is 14.6 Å². The number of phenols is 1. The number of benzene rings is 2. The number of hydrogen-bond donors (Lipinski definition) is 1. The number of carbonyl (C=O) groups is 2. The lowest BCUT2D eigenvalue weighted by Gasteiger charge is -2.18. The number of rotatable bonds is 4. The number of nitrogens with zero attached hydrogens (tertiary/aromatic N) is 1. The summed E-state index contributed by atoms with van der Waals surface area (Å²) >= 11 is 0. The third-order valence-electron chi connectivity index (χ3n) is 4.63. The highest BCUT2D eigenvalue weighted by molar-refractivity contribution is 6.23. The van der Waals surface area contributed by atoms with Gasteiger partial charge in [-0.25, -0.2) is 4.79 Å². The molecule has 0 spiro atoms. The average Bonchev–Trinajstić information content (AvgIpc) is 2.93. The van der Waals surface area contributed by atoms with Gasteiger partial charge in [0.05, 0.1) is 25.4 Å². The highest BCUT2D eigenvalue weighted by atomic mass is 16.5. The fraction of sp³-hybridized carbons (Fsp3) is 0.182. The Kier molecular flexibility index (Phi) is 5.22. The Morgan fingerprint density at radius 1 is 1.07 bits per heavy atom. The molecule has 1 N–H and O–H groups in total. The number of aryl methyl sites for hydroxylation is 1. The molecule has 1 heterocycles. The second-order valence-electron chi connectivity index (χ2n) is 6.38. The largest absolute Gasteiger partial charge is 0.504 e. The maximum absolute atomic E-state index is 13.2. The van der Waals surface area contributed by atoms with Crippen molar-refractivity contribution < 1.29 is 24.2 Å². The van der Waals surface area contributed by atoms with Crippen molar-refractivity contribution in [1.29, 1.82) is 0 Å². The number of para-hydroxylation sites is 1. The van der Waals surface area contributed by atoms with Crippen LogP contribution in [0.2, 0.25) is 0 Å². The summed E-state index contributed by atoms with van der Waals surface area (Å²) in [6, 6.07) is 12.4. The predicted molar refractivity (Wildman–Crippen MR) is 106 cm³/mol. The summed E-state index contributed by atoms with van der Waals surface area (Å²) in [6.07, 6.45) is 1.48. The van der Waals surface area contributed by atoms with E-state index < -0.39 is 5.97 Å². The van der Waals surface area contributed by atoms with E-state index in [1.807, 2.05) is 31.2 Å².